The summed E-state index contributed by atoms with van der Waals surface area (Å²) in [7, 11) is 0. The first kappa shape index (κ1) is 14.9. The molecule has 1 aromatic rings. The number of thioether (sulfide) groups is 1. The van der Waals surface area contributed by atoms with Gasteiger partial charge >= 0.3 is 0 Å². The van der Waals surface area contributed by atoms with Gasteiger partial charge in [0, 0.05) is 18.1 Å². The molecule has 1 heterocycles. The van der Waals surface area contributed by atoms with Crippen LogP contribution in [0.4, 0.5) is 0 Å². The van der Waals surface area contributed by atoms with Crippen molar-refractivity contribution in [2.24, 2.45) is 0 Å². The van der Waals surface area contributed by atoms with E-state index in [2.05, 4.69) is 28.3 Å². The number of rotatable bonds is 8. The number of hydrogen-bond donors (Lipinski definition) is 1. The van der Waals surface area contributed by atoms with Gasteiger partial charge in [0.25, 0.3) is 0 Å². The van der Waals surface area contributed by atoms with E-state index in [0.29, 0.717) is 0 Å². The van der Waals surface area contributed by atoms with E-state index in [1.165, 1.54) is 0 Å². The Bertz CT molecular complexity index is 376. The fourth-order valence-corrected chi connectivity index (χ4v) is 2.28. The topological polar surface area (TPSA) is 61.6 Å². The number of nitrogens with one attached hydrogen (secondary N) is 1. The van der Waals surface area contributed by atoms with Crippen LogP contribution in [-0.4, -0.2) is 27.8 Å². The normalized spacial score (nSPS) is 13.8. The maximum Gasteiger partial charge on any atom is 0.187 e. The maximum absolute atomic E-state index is 9.18. The van der Waals surface area contributed by atoms with Crippen LogP contribution in [0.1, 0.15) is 33.1 Å². The van der Waals surface area contributed by atoms with Gasteiger partial charge in [-0.3, -0.25) is 5.32 Å². The Kier molecular flexibility index (Phi) is 6.69. The Balaban J connectivity index is 2.26. The molecule has 0 fully saturated rings. The molecular weight excluding hydrogens is 244 g/mol. The van der Waals surface area contributed by atoms with E-state index in [1.807, 2.05) is 13.0 Å². The van der Waals surface area contributed by atoms with E-state index in [-0.39, 0.29) is 0 Å². The Morgan fingerprint density at radius 3 is 2.78 bits per heavy atom. The number of nitrogens with zero attached hydrogens (tertiary/aromatic N) is 3. The summed E-state index contributed by atoms with van der Waals surface area (Å²) in [5.74, 6) is 0.940. The van der Waals surface area contributed by atoms with Crippen molar-refractivity contribution in [2.75, 3.05) is 12.3 Å². The Morgan fingerprint density at radius 2 is 2.17 bits per heavy atom. The molecule has 98 valence electrons. The molecule has 18 heavy (non-hydrogen) atoms. The third kappa shape index (κ3) is 5.48. The molecule has 0 aliphatic carbocycles. The summed E-state index contributed by atoms with van der Waals surface area (Å²) < 4.78 is 0. The predicted molar refractivity (Wildman–Crippen MR) is 74.3 cm³/mol. The predicted octanol–water partition coefficient (Wildman–Crippen LogP) is 2.63. The highest BCUT2D eigenvalue weighted by Gasteiger charge is 2.21. The molecular formula is C13H20N4S. The Labute approximate surface area is 113 Å². The molecule has 1 N–H and O–H groups in total. The van der Waals surface area contributed by atoms with Crippen LogP contribution in [0.15, 0.2) is 23.6 Å². The van der Waals surface area contributed by atoms with Gasteiger partial charge in [0.05, 0.1) is 6.07 Å². The summed E-state index contributed by atoms with van der Waals surface area (Å²) in [5, 5.41) is 13.3. The van der Waals surface area contributed by atoms with Crippen molar-refractivity contribution in [3.63, 3.8) is 0 Å². The molecule has 0 aliphatic heterocycles. The molecule has 0 aromatic carbocycles. The summed E-state index contributed by atoms with van der Waals surface area (Å²) in [6, 6.07) is 4.17. The van der Waals surface area contributed by atoms with Crippen molar-refractivity contribution >= 4 is 11.8 Å². The second-order valence-electron chi connectivity index (χ2n) is 4.35. The lowest BCUT2D eigenvalue weighted by molar-refractivity contribution is 0.415. The fourth-order valence-electron chi connectivity index (χ4n) is 1.53. The van der Waals surface area contributed by atoms with Crippen molar-refractivity contribution in [1.29, 1.82) is 5.26 Å². The molecule has 0 aliphatic rings. The van der Waals surface area contributed by atoms with Gasteiger partial charge in [0.1, 0.15) is 5.54 Å². The van der Waals surface area contributed by atoms with Crippen molar-refractivity contribution < 1.29 is 0 Å². The van der Waals surface area contributed by atoms with Crippen molar-refractivity contribution in [3.05, 3.63) is 18.5 Å². The van der Waals surface area contributed by atoms with Gasteiger partial charge in [0.15, 0.2) is 5.16 Å². The van der Waals surface area contributed by atoms with Crippen LogP contribution in [0.25, 0.3) is 0 Å². The van der Waals surface area contributed by atoms with Gasteiger partial charge < -0.3 is 0 Å². The molecule has 0 amide bonds. The van der Waals surface area contributed by atoms with Gasteiger partial charge in [-0.1, -0.05) is 18.7 Å². The van der Waals surface area contributed by atoms with Crippen molar-refractivity contribution in [1.82, 2.24) is 15.3 Å². The molecule has 1 unspecified atom stereocenters. The zero-order valence-corrected chi connectivity index (χ0v) is 11.8. The average Bonchev–Trinajstić information content (AvgIpc) is 2.43. The molecule has 0 saturated carbocycles. The fraction of sp³-hybridized carbons (Fsp3) is 0.615. The molecule has 5 heteroatoms. The lowest BCUT2D eigenvalue weighted by atomic mass is 9.98. The average molecular weight is 264 g/mol. The van der Waals surface area contributed by atoms with Crippen LogP contribution in [-0.2, 0) is 0 Å². The minimum Gasteiger partial charge on any atom is -0.300 e. The summed E-state index contributed by atoms with van der Waals surface area (Å²) in [4.78, 5) is 8.31. The van der Waals surface area contributed by atoms with Gasteiger partial charge in [-0.25, -0.2) is 9.97 Å². The van der Waals surface area contributed by atoms with Crippen molar-refractivity contribution in [2.45, 2.75) is 43.8 Å². The Morgan fingerprint density at radius 1 is 1.44 bits per heavy atom. The maximum atomic E-state index is 9.18. The van der Waals surface area contributed by atoms with Gasteiger partial charge in [-0.15, -0.1) is 0 Å². The first-order valence-electron chi connectivity index (χ1n) is 6.26. The third-order valence-electron chi connectivity index (χ3n) is 2.61. The third-order valence-corrected chi connectivity index (χ3v) is 3.57. The van der Waals surface area contributed by atoms with Crippen molar-refractivity contribution in [3.8, 4) is 6.07 Å². The summed E-state index contributed by atoms with van der Waals surface area (Å²) in [6.07, 6.45) is 6.37. The molecule has 0 bridgehead atoms. The highest BCUT2D eigenvalue weighted by Crippen LogP contribution is 2.17. The van der Waals surface area contributed by atoms with Crippen LogP contribution >= 0.6 is 11.8 Å². The molecule has 1 aromatic heterocycles. The number of hydrogen-bond acceptors (Lipinski definition) is 5. The molecule has 0 saturated heterocycles. The molecule has 0 radical (unpaired) electrons. The molecule has 4 nitrogen and oxygen atoms in total. The second-order valence-corrected chi connectivity index (χ2v) is 5.42. The summed E-state index contributed by atoms with van der Waals surface area (Å²) >= 11 is 1.64. The van der Waals surface area contributed by atoms with Crippen LogP contribution in [0.3, 0.4) is 0 Å². The Hall–Kier alpha value is -1.12. The SMILES string of the molecule is CCCNC(C)(C#N)CCCSc1ncccn1. The minimum absolute atomic E-state index is 0.409. The lowest BCUT2D eigenvalue weighted by Crippen LogP contribution is -2.41. The second kappa shape index (κ2) is 8.06. The molecule has 1 atom stereocenters. The zero-order chi connectivity index (χ0) is 13.3. The zero-order valence-electron chi connectivity index (χ0n) is 11.0. The van der Waals surface area contributed by atoms with Crippen LogP contribution in [0.2, 0.25) is 0 Å². The van der Waals surface area contributed by atoms with Gasteiger partial charge in [-0.05, 0) is 38.8 Å². The number of nitriles is 1. The van der Waals surface area contributed by atoms with E-state index >= 15 is 0 Å². The smallest absolute Gasteiger partial charge is 0.187 e. The first-order valence-corrected chi connectivity index (χ1v) is 7.25. The minimum atomic E-state index is -0.409. The first-order chi connectivity index (χ1) is 8.70. The lowest BCUT2D eigenvalue weighted by Gasteiger charge is -2.22. The van der Waals surface area contributed by atoms with E-state index in [4.69, 9.17) is 0 Å². The van der Waals surface area contributed by atoms with Gasteiger partial charge in [-0.2, -0.15) is 5.26 Å². The molecule has 0 spiro atoms. The summed E-state index contributed by atoms with van der Waals surface area (Å²) in [5.41, 5.74) is -0.409. The van der Waals surface area contributed by atoms with E-state index in [9.17, 15) is 5.26 Å². The largest absolute Gasteiger partial charge is 0.300 e. The van der Waals surface area contributed by atoms with E-state index < -0.39 is 5.54 Å². The van der Waals surface area contributed by atoms with Crippen LogP contribution in [0, 0.1) is 11.3 Å². The summed E-state index contributed by atoms with van der Waals surface area (Å²) in [6.45, 7) is 4.96. The highest BCUT2D eigenvalue weighted by atomic mass is 32.2. The highest BCUT2D eigenvalue weighted by molar-refractivity contribution is 7.99. The monoisotopic (exact) mass is 264 g/mol. The van der Waals surface area contributed by atoms with Crippen LogP contribution in [0.5, 0.6) is 0 Å². The van der Waals surface area contributed by atoms with E-state index in [0.717, 1.165) is 36.7 Å². The van der Waals surface area contributed by atoms with E-state index in [1.54, 1.807) is 24.2 Å². The quantitative estimate of drug-likeness (QED) is 0.444. The standard InChI is InChI=1S/C13H20N4S/c1-3-7-17-13(2,11-14)6-4-10-18-12-15-8-5-9-16-12/h5,8-9,17H,3-4,6-7,10H2,1-2H3. The van der Waals surface area contributed by atoms with Gasteiger partial charge in [0.2, 0.25) is 0 Å². The molecule has 1 rings (SSSR count). The van der Waals surface area contributed by atoms with Crippen LogP contribution < -0.4 is 5.32 Å². The number of aromatic nitrogens is 2.